The standard InChI is InChI=1S/C23H26N4O4/c1-5-29-22-25-21(15-6-11-18-19(12-15)31-14-30-18)27(26-22)17-9-7-16(8-10-17)24-20(28)13-23(2,3)4/h6-12H,5,13-14H2,1-4H3,(H,24,28). The lowest BCUT2D eigenvalue weighted by Gasteiger charge is -2.17. The van der Waals surface area contributed by atoms with E-state index in [4.69, 9.17) is 14.2 Å². The van der Waals surface area contributed by atoms with Crippen LogP contribution in [-0.4, -0.2) is 34.1 Å². The first-order chi connectivity index (χ1) is 14.8. The summed E-state index contributed by atoms with van der Waals surface area (Å²) in [6, 6.07) is 13.4. The van der Waals surface area contributed by atoms with Gasteiger partial charge in [-0.15, -0.1) is 5.10 Å². The lowest BCUT2D eigenvalue weighted by Crippen LogP contribution is -2.19. The molecule has 4 rings (SSSR count). The Balaban J connectivity index is 1.62. The molecule has 0 saturated heterocycles. The number of hydrogen-bond acceptors (Lipinski definition) is 6. The second-order valence-corrected chi connectivity index (χ2v) is 8.46. The van der Waals surface area contributed by atoms with E-state index in [1.165, 1.54) is 0 Å². The quantitative estimate of drug-likeness (QED) is 0.632. The molecule has 2 aromatic carbocycles. The second kappa shape index (κ2) is 8.29. The highest BCUT2D eigenvalue weighted by molar-refractivity contribution is 5.91. The maximum Gasteiger partial charge on any atom is 0.336 e. The van der Waals surface area contributed by atoms with Crippen LogP contribution >= 0.6 is 0 Å². The van der Waals surface area contributed by atoms with Crippen LogP contribution in [0.4, 0.5) is 5.69 Å². The molecule has 3 aromatic rings. The summed E-state index contributed by atoms with van der Waals surface area (Å²) in [7, 11) is 0. The molecule has 0 atom stereocenters. The number of amides is 1. The predicted octanol–water partition coefficient (Wildman–Crippen LogP) is 4.44. The smallest absolute Gasteiger partial charge is 0.336 e. The number of hydrogen-bond donors (Lipinski definition) is 1. The fourth-order valence-electron chi connectivity index (χ4n) is 3.26. The predicted molar refractivity (Wildman–Crippen MR) is 117 cm³/mol. The van der Waals surface area contributed by atoms with Crippen LogP contribution in [0.1, 0.15) is 34.1 Å². The fourth-order valence-corrected chi connectivity index (χ4v) is 3.26. The highest BCUT2D eigenvalue weighted by Gasteiger charge is 2.20. The summed E-state index contributed by atoms with van der Waals surface area (Å²) in [6.07, 6.45) is 0.448. The third-order valence-electron chi connectivity index (χ3n) is 4.58. The Hall–Kier alpha value is -3.55. The zero-order valence-electron chi connectivity index (χ0n) is 18.1. The van der Waals surface area contributed by atoms with Gasteiger partial charge in [0, 0.05) is 17.7 Å². The summed E-state index contributed by atoms with van der Waals surface area (Å²) in [6.45, 7) is 8.66. The minimum absolute atomic E-state index is 0.0133. The molecule has 0 aliphatic carbocycles. The summed E-state index contributed by atoms with van der Waals surface area (Å²) < 4.78 is 18.1. The van der Waals surface area contributed by atoms with Gasteiger partial charge in [0.25, 0.3) is 0 Å². The molecule has 1 aliphatic rings. The van der Waals surface area contributed by atoms with Gasteiger partial charge in [-0.3, -0.25) is 4.79 Å². The Morgan fingerprint density at radius 1 is 1.13 bits per heavy atom. The summed E-state index contributed by atoms with van der Waals surface area (Å²) in [4.78, 5) is 16.8. The Morgan fingerprint density at radius 3 is 2.58 bits per heavy atom. The van der Waals surface area contributed by atoms with Crippen LogP contribution in [0, 0.1) is 5.41 Å². The lowest BCUT2D eigenvalue weighted by molar-refractivity contribution is -0.117. The van der Waals surface area contributed by atoms with E-state index >= 15 is 0 Å². The summed E-state index contributed by atoms with van der Waals surface area (Å²) in [5.74, 6) is 1.98. The number of carbonyl (C=O) groups excluding carboxylic acids is 1. The Labute approximate surface area is 181 Å². The van der Waals surface area contributed by atoms with Crippen molar-refractivity contribution >= 4 is 11.6 Å². The average Bonchev–Trinajstić information content (AvgIpc) is 3.33. The molecule has 8 nitrogen and oxygen atoms in total. The zero-order valence-corrected chi connectivity index (χ0v) is 18.1. The van der Waals surface area contributed by atoms with Gasteiger partial charge < -0.3 is 19.5 Å². The summed E-state index contributed by atoms with van der Waals surface area (Å²) >= 11 is 0. The van der Waals surface area contributed by atoms with Crippen LogP contribution in [-0.2, 0) is 4.79 Å². The first-order valence-electron chi connectivity index (χ1n) is 10.2. The van der Waals surface area contributed by atoms with Gasteiger partial charge in [0.2, 0.25) is 12.7 Å². The molecule has 8 heteroatoms. The second-order valence-electron chi connectivity index (χ2n) is 8.46. The van der Waals surface area contributed by atoms with Crippen molar-refractivity contribution in [1.29, 1.82) is 0 Å². The van der Waals surface area contributed by atoms with Crippen LogP contribution in [0.5, 0.6) is 17.5 Å². The first kappa shape index (κ1) is 20.7. The number of nitrogens with zero attached hydrogens (tertiary/aromatic N) is 3. The van der Waals surface area contributed by atoms with E-state index in [9.17, 15) is 4.79 Å². The maximum absolute atomic E-state index is 12.2. The van der Waals surface area contributed by atoms with Gasteiger partial charge in [-0.1, -0.05) is 20.8 Å². The van der Waals surface area contributed by atoms with E-state index in [-0.39, 0.29) is 24.1 Å². The SMILES string of the molecule is CCOc1nc(-c2ccc3c(c2)OCO3)n(-c2ccc(NC(=O)CC(C)(C)C)cc2)n1. The van der Waals surface area contributed by atoms with Crippen molar-refractivity contribution in [2.75, 3.05) is 18.7 Å². The van der Waals surface area contributed by atoms with Gasteiger partial charge in [-0.05, 0) is 54.8 Å². The fraction of sp³-hybridized carbons (Fsp3) is 0.348. The highest BCUT2D eigenvalue weighted by atomic mass is 16.7. The van der Waals surface area contributed by atoms with Crippen molar-refractivity contribution in [3.05, 3.63) is 42.5 Å². The molecule has 1 amide bonds. The van der Waals surface area contributed by atoms with E-state index in [0.717, 1.165) is 16.9 Å². The number of anilines is 1. The Morgan fingerprint density at radius 2 is 1.87 bits per heavy atom. The lowest BCUT2D eigenvalue weighted by atomic mass is 9.92. The molecule has 0 spiro atoms. The van der Waals surface area contributed by atoms with Crippen molar-refractivity contribution in [3.8, 4) is 34.6 Å². The van der Waals surface area contributed by atoms with Gasteiger partial charge in [-0.2, -0.15) is 4.98 Å². The van der Waals surface area contributed by atoms with Gasteiger partial charge >= 0.3 is 6.01 Å². The molecule has 0 unspecified atom stereocenters. The van der Waals surface area contributed by atoms with Crippen molar-refractivity contribution in [2.45, 2.75) is 34.1 Å². The minimum atomic E-state index is -0.0695. The van der Waals surface area contributed by atoms with Crippen molar-refractivity contribution in [1.82, 2.24) is 14.8 Å². The van der Waals surface area contributed by atoms with Gasteiger partial charge in [0.05, 0.1) is 12.3 Å². The van der Waals surface area contributed by atoms with Crippen LogP contribution in [0.2, 0.25) is 0 Å². The van der Waals surface area contributed by atoms with E-state index < -0.39 is 0 Å². The monoisotopic (exact) mass is 422 g/mol. The molecule has 0 saturated carbocycles. The number of ether oxygens (including phenoxy) is 3. The molecule has 162 valence electrons. The summed E-state index contributed by atoms with van der Waals surface area (Å²) in [5.41, 5.74) is 2.28. The number of nitrogens with one attached hydrogen (secondary N) is 1. The van der Waals surface area contributed by atoms with Gasteiger partial charge in [-0.25, -0.2) is 4.68 Å². The van der Waals surface area contributed by atoms with Crippen molar-refractivity contribution in [2.24, 2.45) is 5.41 Å². The molecule has 1 aliphatic heterocycles. The molecule has 0 bridgehead atoms. The highest BCUT2D eigenvalue weighted by Crippen LogP contribution is 2.36. The van der Waals surface area contributed by atoms with Gasteiger partial charge in [0.15, 0.2) is 17.3 Å². The number of aromatic nitrogens is 3. The van der Waals surface area contributed by atoms with E-state index in [2.05, 4.69) is 15.4 Å². The molecule has 0 radical (unpaired) electrons. The topological polar surface area (TPSA) is 87.5 Å². The molecule has 1 aromatic heterocycles. The molecule has 31 heavy (non-hydrogen) atoms. The van der Waals surface area contributed by atoms with Crippen molar-refractivity contribution < 1.29 is 19.0 Å². The third-order valence-corrected chi connectivity index (χ3v) is 4.58. The number of carbonyl (C=O) groups is 1. The number of fused-ring (bicyclic) bond motifs is 1. The summed E-state index contributed by atoms with van der Waals surface area (Å²) in [5, 5.41) is 7.44. The maximum atomic E-state index is 12.2. The Kier molecular flexibility index (Phi) is 5.54. The molecular formula is C23H26N4O4. The Bertz CT molecular complexity index is 1080. The molecule has 1 N–H and O–H groups in total. The normalized spacial score (nSPS) is 12.6. The van der Waals surface area contributed by atoms with Crippen molar-refractivity contribution in [3.63, 3.8) is 0 Å². The van der Waals surface area contributed by atoms with Gasteiger partial charge in [0.1, 0.15) is 0 Å². The molecule has 2 heterocycles. The average molecular weight is 422 g/mol. The minimum Gasteiger partial charge on any atom is -0.463 e. The first-order valence-corrected chi connectivity index (χ1v) is 10.2. The van der Waals surface area contributed by atoms with Crippen LogP contribution in [0.3, 0.4) is 0 Å². The number of benzene rings is 2. The van der Waals surface area contributed by atoms with E-state index in [1.54, 1.807) is 4.68 Å². The van der Waals surface area contributed by atoms with Crippen LogP contribution in [0.25, 0.3) is 17.1 Å². The number of rotatable bonds is 6. The van der Waals surface area contributed by atoms with E-state index in [1.807, 2.05) is 70.2 Å². The largest absolute Gasteiger partial charge is 0.463 e. The van der Waals surface area contributed by atoms with Crippen LogP contribution in [0.15, 0.2) is 42.5 Å². The zero-order chi connectivity index (χ0) is 22.0. The third kappa shape index (κ3) is 4.79. The molecule has 0 fully saturated rings. The van der Waals surface area contributed by atoms with Crippen LogP contribution < -0.4 is 19.5 Å². The van der Waals surface area contributed by atoms with E-state index in [0.29, 0.717) is 30.4 Å². The molecular weight excluding hydrogens is 396 g/mol.